The van der Waals surface area contributed by atoms with Crippen LogP contribution in [-0.4, -0.2) is 42.8 Å². The van der Waals surface area contributed by atoms with Gasteiger partial charge in [0.25, 0.3) is 5.91 Å². The Morgan fingerprint density at radius 2 is 1.62 bits per heavy atom. The molecule has 1 saturated heterocycles. The molecule has 0 aliphatic carbocycles. The number of hydrogen-bond acceptors (Lipinski definition) is 3. The van der Waals surface area contributed by atoms with Crippen LogP contribution in [0.2, 0.25) is 0 Å². The van der Waals surface area contributed by atoms with Crippen molar-refractivity contribution in [1.29, 1.82) is 0 Å². The van der Waals surface area contributed by atoms with E-state index in [0.29, 0.717) is 31.7 Å². The highest BCUT2D eigenvalue weighted by Crippen LogP contribution is 2.27. The quantitative estimate of drug-likeness (QED) is 0.443. The molecule has 7 nitrogen and oxygen atoms in total. The lowest BCUT2D eigenvalue weighted by molar-refractivity contribution is 0.0710. The summed E-state index contributed by atoms with van der Waals surface area (Å²) in [7, 11) is 0. The van der Waals surface area contributed by atoms with E-state index in [-0.39, 0.29) is 17.5 Å². The Balaban J connectivity index is 1.26. The van der Waals surface area contributed by atoms with Crippen molar-refractivity contribution in [1.82, 2.24) is 23.8 Å². The Hall–Kier alpha value is -3.87. The fourth-order valence-electron chi connectivity index (χ4n) is 4.72. The molecule has 0 unspecified atom stereocenters. The van der Waals surface area contributed by atoms with Crippen molar-refractivity contribution in [2.75, 3.05) is 13.1 Å². The predicted octanol–water partition coefficient (Wildman–Crippen LogP) is 3.92. The molecule has 7 heteroatoms. The van der Waals surface area contributed by atoms with Gasteiger partial charge in [-0.2, -0.15) is 5.10 Å². The second-order valence-electron chi connectivity index (χ2n) is 8.73. The number of carbonyl (C=O) groups is 1. The molecule has 0 spiro atoms. The summed E-state index contributed by atoms with van der Waals surface area (Å²) in [5.41, 5.74) is 2.72. The van der Waals surface area contributed by atoms with Gasteiger partial charge in [-0.1, -0.05) is 30.3 Å². The first kappa shape index (κ1) is 21.9. The highest BCUT2D eigenvalue weighted by molar-refractivity contribution is 5.94. The van der Waals surface area contributed by atoms with Crippen LogP contribution in [0.4, 0.5) is 0 Å². The van der Waals surface area contributed by atoms with Crippen LogP contribution in [0.25, 0.3) is 5.69 Å². The van der Waals surface area contributed by atoms with Gasteiger partial charge in [-0.15, -0.1) is 0 Å². The van der Waals surface area contributed by atoms with Crippen LogP contribution < -0.4 is 5.69 Å². The molecule has 3 heterocycles. The van der Waals surface area contributed by atoms with E-state index in [2.05, 4.69) is 0 Å². The third kappa shape index (κ3) is 4.33. The summed E-state index contributed by atoms with van der Waals surface area (Å²) >= 11 is 0. The molecule has 1 aliphatic heterocycles. The van der Waals surface area contributed by atoms with Crippen LogP contribution in [0, 0.1) is 0 Å². The van der Waals surface area contributed by atoms with E-state index in [1.807, 2.05) is 95.5 Å². The smallest absolute Gasteiger partial charge is 0.339 e. The van der Waals surface area contributed by atoms with E-state index in [4.69, 9.17) is 5.10 Å². The summed E-state index contributed by atoms with van der Waals surface area (Å²) < 4.78 is 5.37. The molecule has 34 heavy (non-hydrogen) atoms. The Kier molecular flexibility index (Phi) is 6.16. The highest BCUT2D eigenvalue weighted by atomic mass is 16.2. The standard InChI is InChI=1S/C27H29N5O2/c1-2-31-25(28-32(27(31)34)20-21-8-4-3-5-9-21)22-14-18-30(19-15-22)26(33)23-10-12-24(13-11-23)29-16-6-7-17-29/h3-13,16-17,22H,2,14-15,18-20H2,1H3. The minimum atomic E-state index is -0.0670. The van der Waals surface area contributed by atoms with Crippen molar-refractivity contribution < 1.29 is 4.79 Å². The average Bonchev–Trinajstić information content (AvgIpc) is 3.53. The van der Waals surface area contributed by atoms with Crippen LogP contribution in [-0.2, 0) is 13.1 Å². The Morgan fingerprint density at radius 1 is 0.941 bits per heavy atom. The second-order valence-corrected chi connectivity index (χ2v) is 8.73. The molecule has 1 aliphatic rings. The summed E-state index contributed by atoms with van der Waals surface area (Å²) in [6.07, 6.45) is 5.57. The van der Waals surface area contributed by atoms with Crippen LogP contribution >= 0.6 is 0 Å². The van der Waals surface area contributed by atoms with Crippen molar-refractivity contribution in [2.45, 2.75) is 38.8 Å². The van der Waals surface area contributed by atoms with Crippen LogP contribution in [0.15, 0.2) is 83.9 Å². The van der Waals surface area contributed by atoms with Gasteiger partial charge < -0.3 is 9.47 Å². The second kappa shape index (κ2) is 9.55. The summed E-state index contributed by atoms with van der Waals surface area (Å²) in [6.45, 7) is 4.36. The summed E-state index contributed by atoms with van der Waals surface area (Å²) in [6, 6.07) is 21.6. The molecule has 0 saturated carbocycles. The Morgan fingerprint density at radius 3 is 2.26 bits per heavy atom. The number of benzene rings is 2. The van der Waals surface area contributed by atoms with Gasteiger partial charge in [-0.3, -0.25) is 9.36 Å². The first-order valence-electron chi connectivity index (χ1n) is 11.9. The number of rotatable bonds is 6. The predicted molar refractivity (Wildman–Crippen MR) is 131 cm³/mol. The van der Waals surface area contributed by atoms with Gasteiger partial charge in [-0.05, 0) is 61.7 Å². The number of hydrogen-bond donors (Lipinski definition) is 0. The lowest BCUT2D eigenvalue weighted by atomic mass is 9.95. The van der Waals surface area contributed by atoms with Gasteiger partial charge in [0, 0.05) is 49.2 Å². The van der Waals surface area contributed by atoms with Crippen molar-refractivity contribution in [2.24, 2.45) is 0 Å². The molecule has 1 amide bonds. The third-order valence-corrected chi connectivity index (χ3v) is 6.61. The number of carbonyl (C=O) groups excluding carboxylic acids is 1. The average molecular weight is 456 g/mol. The maximum Gasteiger partial charge on any atom is 0.346 e. The van der Waals surface area contributed by atoms with Gasteiger partial charge in [0.05, 0.1) is 6.54 Å². The van der Waals surface area contributed by atoms with Gasteiger partial charge >= 0.3 is 5.69 Å². The van der Waals surface area contributed by atoms with Crippen LogP contribution in [0.3, 0.4) is 0 Å². The molecule has 174 valence electrons. The van der Waals surface area contributed by atoms with Gasteiger partial charge in [-0.25, -0.2) is 9.48 Å². The number of piperidine rings is 1. The zero-order valence-electron chi connectivity index (χ0n) is 19.4. The van der Waals surface area contributed by atoms with E-state index in [9.17, 15) is 9.59 Å². The monoisotopic (exact) mass is 455 g/mol. The van der Waals surface area contributed by atoms with Crippen molar-refractivity contribution in [3.05, 3.63) is 107 Å². The lowest BCUT2D eigenvalue weighted by Gasteiger charge is -2.31. The van der Waals surface area contributed by atoms with Crippen molar-refractivity contribution in [3.63, 3.8) is 0 Å². The molecule has 0 atom stereocenters. The largest absolute Gasteiger partial charge is 0.346 e. The zero-order chi connectivity index (χ0) is 23.5. The van der Waals surface area contributed by atoms with Gasteiger partial charge in [0.15, 0.2) is 0 Å². The van der Waals surface area contributed by atoms with Crippen LogP contribution in [0.5, 0.6) is 0 Å². The van der Waals surface area contributed by atoms with E-state index < -0.39 is 0 Å². The maximum atomic E-state index is 13.1. The van der Waals surface area contributed by atoms with Gasteiger partial charge in [0.1, 0.15) is 5.82 Å². The Labute approximate surface area is 198 Å². The topological polar surface area (TPSA) is 65.1 Å². The molecule has 0 bridgehead atoms. The van der Waals surface area contributed by atoms with E-state index in [1.165, 1.54) is 0 Å². The molecule has 1 fully saturated rings. The number of amides is 1. The molecular formula is C27H29N5O2. The first-order chi connectivity index (χ1) is 16.6. The van der Waals surface area contributed by atoms with Crippen LogP contribution in [0.1, 0.15) is 47.4 Å². The molecule has 5 rings (SSSR count). The van der Waals surface area contributed by atoms with Crippen molar-refractivity contribution >= 4 is 5.91 Å². The van der Waals surface area contributed by atoms with Crippen molar-refractivity contribution in [3.8, 4) is 5.69 Å². The molecule has 0 radical (unpaired) electrons. The highest BCUT2D eigenvalue weighted by Gasteiger charge is 2.28. The molecule has 0 N–H and O–H groups in total. The molecule has 2 aromatic heterocycles. The number of aromatic nitrogens is 4. The molecule has 2 aromatic carbocycles. The third-order valence-electron chi connectivity index (χ3n) is 6.61. The zero-order valence-corrected chi connectivity index (χ0v) is 19.4. The maximum absolute atomic E-state index is 13.1. The fraction of sp³-hybridized carbons (Fsp3) is 0.296. The number of likely N-dealkylation sites (tertiary alicyclic amines) is 1. The minimum absolute atomic E-state index is 0.0556. The number of nitrogens with zero attached hydrogens (tertiary/aromatic N) is 5. The van der Waals surface area contributed by atoms with Gasteiger partial charge in [0.2, 0.25) is 0 Å². The van der Waals surface area contributed by atoms with E-state index >= 15 is 0 Å². The molecule has 4 aromatic rings. The molecular weight excluding hydrogens is 426 g/mol. The summed E-state index contributed by atoms with van der Waals surface area (Å²) in [5, 5.41) is 4.72. The summed E-state index contributed by atoms with van der Waals surface area (Å²) in [4.78, 5) is 27.9. The fourth-order valence-corrected chi connectivity index (χ4v) is 4.72. The lowest BCUT2D eigenvalue weighted by Crippen LogP contribution is -2.38. The normalized spacial score (nSPS) is 14.4. The first-order valence-corrected chi connectivity index (χ1v) is 11.9. The SMILES string of the molecule is CCn1c(C2CCN(C(=O)c3ccc(-n4cccc4)cc3)CC2)nn(Cc2ccccc2)c1=O. The Bertz CT molecular complexity index is 1300. The summed E-state index contributed by atoms with van der Waals surface area (Å²) in [5.74, 6) is 1.07. The minimum Gasteiger partial charge on any atom is -0.339 e. The van der Waals surface area contributed by atoms with E-state index in [1.54, 1.807) is 9.25 Å². The van der Waals surface area contributed by atoms with E-state index in [0.717, 1.165) is 29.9 Å².